The van der Waals surface area contributed by atoms with Gasteiger partial charge in [0.05, 0.1) is 13.2 Å². The number of carbonyl (C=O) groups is 1. The number of nitrogens with zero attached hydrogens (tertiary/aromatic N) is 3. The Kier molecular flexibility index (Phi) is 6.28. The third-order valence-corrected chi connectivity index (χ3v) is 4.85. The van der Waals surface area contributed by atoms with Crippen LogP contribution >= 0.6 is 0 Å². The minimum absolute atomic E-state index is 0.284. The molecule has 3 N–H and O–H groups in total. The lowest BCUT2D eigenvalue weighted by atomic mass is 10.2. The molecule has 1 saturated heterocycles. The SMILES string of the molecule is Cc1cccc(NC(=O)Nc2ccc(Nc3cc(N4CCOCC4)nc(C)n3)cc2)c1. The van der Waals surface area contributed by atoms with Gasteiger partial charge in [-0.3, -0.25) is 0 Å². The Balaban J connectivity index is 1.38. The lowest BCUT2D eigenvalue weighted by molar-refractivity contribution is 0.122. The van der Waals surface area contributed by atoms with Crippen LogP contribution in [0.15, 0.2) is 54.6 Å². The number of ether oxygens (including phenoxy) is 1. The molecule has 0 unspecified atom stereocenters. The maximum absolute atomic E-state index is 12.2. The zero-order valence-electron chi connectivity index (χ0n) is 17.7. The summed E-state index contributed by atoms with van der Waals surface area (Å²) in [6.07, 6.45) is 0. The summed E-state index contributed by atoms with van der Waals surface area (Å²) in [5.74, 6) is 2.33. The van der Waals surface area contributed by atoms with Crippen molar-refractivity contribution in [2.75, 3.05) is 47.2 Å². The molecular weight excluding hydrogens is 392 g/mol. The lowest BCUT2D eigenvalue weighted by Gasteiger charge is -2.28. The molecule has 1 aliphatic heterocycles. The molecule has 0 spiro atoms. The maximum Gasteiger partial charge on any atom is 0.323 e. The van der Waals surface area contributed by atoms with E-state index in [1.165, 1.54) is 0 Å². The van der Waals surface area contributed by atoms with Crippen LogP contribution in [0.4, 0.5) is 33.5 Å². The van der Waals surface area contributed by atoms with Crippen molar-refractivity contribution in [3.05, 3.63) is 66.0 Å². The van der Waals surface area contributed by atoms with Crippen LogP contribution in [0.2, 0.25) is 0 Å². The van der Waals surface area contributed by atoms with Crippen LogP contribution < -0.4 is 20.9 Å². The van der Waals surface area contributed by atoms with Crippen LogP contribution in [-0.2, 0) is 4.74 Å². The van der Waals surface area contributed by atoms with Gasteiger partial charge in [-0.1, -0.05) is 12.1 Å². The largest absolute Gasteiger partial charge is 0.378 e. The van der Waals surface area contributed by atoms with Gasteiger partial charge in [0.25, 0.3) is 0 Å². The van der Waals surface area contributed by atoms with Crippen molar-refractivity contribution >= 4 is 34.7 Å². The summed E-state index contributed by atoms with van der Waals surface area (Å²) in [5.41, 5.74) is 3.41. The molecule has 160 valence electrons. The molecule has 8 nitrogen and oxygen atoms in total. The highest BCUT2D eigenvalue weighted by Gasteiger charge is 2.14. The Morgan fingerprint density at radius 1 is 0.903 bits per heavy atom. The summed E-state index contributed by atoms with van der Waals surface area (Å²) in [4.78, 5) is 23.5. The van der Waals surface area contributed by atoms with Gasteiger partial charge in [0.15, 0.2) is 0 Å². The summed E-state index contributed by atoms with van der Waals surface area (Å²) in [5, 5.41) is 8.99. The normalized spacial score (nSPS) is 13.5. The van der Waals surface area contributed by atoms with E-state index in [1.54, 1.807) is 0 Å². The standard InChI is InChI=1S/C23H26N6O2/c1-16-4-3-5-20(14-16)28-23(30)27-19-8-6-18(7-9-19)26-21-15-22(25-17(2)24-21)29-10-12-31-13-11-29/h3-9,14-15H,10-13H2,1-2H3,(H,24,25,26)(H2,27,28,30). The molecule has 8 heteroatoms. The molecule has 4 rings (SSSR count). The van der Waals surface area contributed by atoms with Gasteiger partial charge < -0.3 is 25.6 Å². The molecule has 2 amide bonds. The molecule has 1 aromatic heterocycles. The van der Waals surface area contributed by atoms with Crippen molar-refractivity contribution in [1.82, 2.24) is 9.97 Å². The van der Waals surface area contributed by atoms with Crippen LogP contribution in [0.3, 0.4) is 0 Å². The van der Waals surface area contributed by atoms with Crippen LogP contribution in [0.25, 0.3) is 0 Å². The highest BCUT2D eigenvalue weighted by molar-refractivity contribution is 5.99. The summed E-state index contributed by atoms with van der Waals surface area (Å²) < 4.78 is 5.42. The van der Waals surface area contributed by atoms with Gasteiger partial charge >= 0.3 is 6.03 Å². The molecule has 1 fully saturated rings. The zero-order chi connectivity index (χ0) is 21.6. The fourth-order valence-electron chi connectivity index (χ4n) is 3.37. The summed E-state index contributed by atoms with van der Waals surface area (Å²) in [7, 11) is 0. The predicted octanol–water partition coefficient (Wildman–Crippen LogP) is 4.32. The summed E-state index contributed by atoms with van der Waals surface area (Å²) in [6, 6.07) is 16.8. The first kappa shape index (κ1) is 20.6. The summed E-state index contributed by atoms with van der Waals surface area (Å²) >= 11 is 0. The molecule has 0 saturated carbocycles. The smallest absolute Gasteiger partial charge is 0.323 e. The minimum Gasteiger partial charge on any atom is -0.378 e. The van der Waals surface area contributed by atoms with E-state index in [4.69, 9.17) is 4.74 Å². The van der Waals surface area contributed by atoms with E-state index in [-0.39, 0.29) is 6.03 Å². The van der Waals surface area contributed by atoms with Crippen LogP contribution in [0.1, 0.15) is 11.4 Å². The van der Waals surface area contributed by atoms with Gasteiger partial charge in [0, 0.05) is 36.2 Å². The first-order valence-corrected chi connectivity index (χ1v) is 10.3. The first-order chi connectivity index (χ1) is 15.0. The second kappa shape index (κ2) is 9.44. The first-order valence-electron chi connectivity index (χ1n) is 10.3. The Labute approximate surface area is 181 Å². The quantitative estimate of drug-likeness (QED) is 0.572. The van der Waals surface area contributed by atoms with Gasteiger partial charge in [-0.15, -0.1) is 0 Å². The molecule has 2 aromatic carbocycles. The van der Waals surface area contributed by atoms with Crippen LogP contribution in [0.5, 0.6) is 0 Å². The van der Waals surface area contributed by atoms with E-state index >= 15 is 0 Å². The number of anilines is 5. The average molecular weight is 419 g/mol. The van der Waals surface area contributed by atoms with Gasteiger partial charge in [0.1, 0.15) is 17.5 Å². The number of hydrogen-bond acceptors (Lipinski definition) is 6. The third-order valence-electron chi connectivity index (χ3n) is 4.85. The van der Waals surface area contributed by atoms with Gasteiger partial charge in [0.2, 0.25) is 0 Å². The number of hydrogen-bond donors (Lipinski definition) is 3. The monoisotopic (exact) mass is 418 g/mol. The van der Waals surface area contributed by atoms with E-state index in [1.807, 2.05) is 68.4 Å². The number of nitrogens with one attached hydrogen (secondary N) is 3. The highest BCUT2D eigenvalue weighted by atomic mass is 16.5. The molecular formula is C23H26N6O2. The van der Waals surface area contributed by atoms with Crippen molar-refractivity contribution < 1.29 is 9.53 Å². The third kappa shape index (κ3) is 5.70. The molecule has 2 heterocycles. The summed E-state index contributed by atoms with van der Waals surface area (Å²) in [6.45, 7) is 6.92. The average Bonchev–Trinajstić information content (AvgIpc) is 2.75. The molecule has 0 bridgehead atoms. The Morgan fingerprint density at radius 2 is 1.61 bits per heavy atom. The second-order valence-electron chi connectivity index (χ2n) is 7.41. The predicted molar refractivity (Wildman–Crippen MR) is 123 cm³/mol. The van der Waals surface area contributed by atoms with Crippen molar-refractivity contribution in [3.63, 3.8) is 0 Å². The molecule has 0 aliphatic carbocycles. The number of amides is 2. The molecule has 0 atom stereocenters. The number of benzene rings is 2. The van der Waals surface area contributed by atoms with Gasteiger partial charge in [-0.05, 0) is 55.8 Å². The van der Waals surface area contributed by atoms with Crippen LogP contribution in [-0.4, -0.2) is 42.3 Å². The Hall–Kier alpha value is -3.65. The maximum atomic E-state index is 12.2. The minimum atomic E-state index is -0.284. The highest BCUT2D eigenvalue weighted by Crippen LogP contribution is 2.22. The number of aromatic nitrogens is 2. The lowest BCUT2D eigenvalue weighted by Crippen LogP contribution is -2.36. The molecule has 31 heavy (non-hydrogen) atoms. The van der Waals surface area contributed by atoms with Crippen LogP contribution in [0, 0.1) is 13.8 Å². The zero-order valence-corrected chi connectivity index (χ0v) is 17.7. The number of rotatable bonds is 5. The van der Waals surface area contributed by atoms with Crippen molar-refractivity contribution in [1.29, 1.82) is 0 Å². The second-order valence-corrected chi connectivity index (χ2v) is 7.41. The fourth-order valence-corrected chi connectivity index (χ4v) is 3.37. The number of carbonyl (C=O) groups excluding carboxylic acids is 1. The number of morpholine rings is 1. The van der Waals surface area contributed by atoms with Crippen molar-refractivity contribution in [2.24, 2.45) is 0 Å². The van der Waals surface area contributed by atoms with Crippen molar-refractivity contribution in [2.45, 2.75) is 13.8 Å². The number of urea groups is 1. The van der Waals surface area contributed by atoms with Crippen molar-refractivity contribution in [3.8, 4) is 0 Å². The Morgan fingerprint density at radius 3 is 2.35 bits per heavy atom. The Bertz CT molecular complexity index is 1050. The van der Waals surface area contributed by atoms with E-state index in [0.717, 1.165) is 41.7 Å². The van der Waals surface area contributed by atoms with E-state index in [0.29, 0.717) is 24.7 Å². The van der Waals surface area contributed by atoms with Gasteiger partial charge in [-0.2, -0.15) is 0 Å². The van der Waals surface area contributed by atoms with E-state index in [9.17, 15) is 4.79 Å². The topological polar surface area (TPSA) is 91.4 Å². The fraction of sp³-hybridized carbons (Fsp3) is 0.261. The van der Waals surface area contributed by atoms with E-state index in [2.05, 4.69) is 30.8 Å². The van der Waals surface area contributed by atoms with E-state index < -0.39 is 0 Å². The molecule has 0 radical (unpaired) electrons. The molecule has 3 aromatic rings. The van der Waals surface area contributed by atoms with Gasteiger partial charge in [-0.25, -0.2) is 14.8 Å². The number of aryl methyl sites for hydroxylation is 2. The molecule has 1 aliphatic rings.